The number of hydrogen-bond acceptors (Lipinski definition) is 5. The first-order valence-electron chi connectivity index (χ1n) is 11.1. The highest BCUT2D eigenvalue weighted by molar-refractivity contribution is 7.17. The second-order valence-corrected chi connectivity index (χ2v) is 9.90. The van der Waals surface area contributed by atoms with Crippen molar-refractivity contribution in [1.29, 1.82) is 0 Å². The monoisotopic (exact) mass is 429 g/mol. The van der Waals surface area contributed by atoms with E-state index in [2.05, 4.69) is 36.3 Å². The Bertz CT molecular complexity index is 1100. The zero-order chi connectivity index (χ0) is 21.3. The van der Waals surface area contributed by atoms with Crippen LogP contribution in [0.2, 0.25) is 0 Å². The largest absolute Gasteiger partial charge is 0.353 e. The summed E-state index contributed by atoms with van der Waals surface area (Å²) >= 11 is 1.46. The highest BCUT2D eigenvalue weighted by Crippen LogP contribution is 2.24. The van der Waals surface area contributed by atoms with E-state index in [0.29, 0.717) is 49.5 Å². The summed E-state index contributed by atoms with van der Waals surface area (Å²) in [6.07, 6.45) is 6.61. The molecule has 3 aromatic heterocycles. The number of hydrogen-bond donors (Lipinski definition) is 1. The molecule has 162 valence electrons. The summed E-state index contributed by atoms with van der Waals surface area (Å²) in [6, 6.07) is 2.27. The highest BCUT2D eigenvalue weighted by atomic mass is 32.1. The lowest BCUT2D eigenvalue weighted by molar-refractivity contribution is -0.122. The molecule has 0 aliphatic heterocycles. The van der Waals surface area contributed by atoms with Gasteiger partial charge >= 0.3 is 0 Å². The van der Waals surface area contributed by atoms with Crippen molar-refractivity contribution in [1.82, 2.24) is 24.5 Å². The molecule has 30 heavy (non-hydrogen) atoms. The van der Waals surface area contributed by atoms with Gasteiger partial charge in [-0.1, -0.05) is 33.6 Å². The lowest BCUT2D eigenvalue weighted by Gasteiger charge is -2.29. The fourth-order valence-electron chi connectivity index (χ4n) is 4.49. The normalized spacial score (nSPS) is 19.7. The molecule has 2 atom stereocenters. The van der Waals surface area contributed by atoms with Crippen molar-refractivity contribution >= 4 is 33.2 Å². The number of aromatic nitrogens is 4. The van der Waals surface area contributed by atoms with E-state index in [1.807, 2.05) is 15.8 Å². The number of carbonyl (C=O) groups excluding carboxylic acids is 1. The summed E-state index contributed by atoms with van der Waals surface area (Å²) in [6.45, 7) is 7.01. The van der Waals surface area contributed by atoms with Crippen molar-refractivity contribution in [3.8, 4) is 0 Å². The summed E-state index contributed by atoms with van der Waals surface area (Å²) in [7, 11) is 0. The Balaban J connectivity index is 1.50. The van der Waals surface area contributed by atoms with E-state index in [-0.39, 0.29) is 11.5 Å². The van der Waals surface area contributed by atoms with Gasteiger partial charge in [0, 0.05) is 25.4 Å². The molecule has 1 N–H and O–H groups in total. The topological polar surface area (TPSA) is 81.3 Å². The molecule has 3 aromatic rings. The molecule has 1 fully saturated rings. The molecular weight excluding hydrogens is 398 g/mol. The van der Waals surface area contributed by atoms with Gasteiger partial charge in [0.1, 0.15) is 10.5 Å². The van der Waals surface area contributed by atoms with Crippen LogP contribution >= 0.6 is 11.3 Å². The molecule has 0 unspecified atom stereocenters. The van der Waals surface area contributed by atoms with Crippen LogP contribution in [0.5, 0.6) is 0 Å². The average Bonchev–Trinajstić information content (AvgIpc) is 3.34. The number of carbonyl (C=O) groups is 1. The van der Waals surface area contributed by atoms with Gasteiger partial charge < -0.3 is 5.32 Å². The Labute approximate surface area is 180 Å². The van der Waals surface area contributed by atoms with E-state index in [0.717, 1.165) is 22.5 Å². The van der Waals surface area contributed by atoms with Crippen molar-refractivity contribution in [3.63, 3.8) is 0 Å². The van der Waals surface area contributed by atoms with Crippen LogP contribution in [0.25, 0.3) is 16.0 Å². The Kier molecular flexibility index (Phi) is 6.22. The van der Waals surface area contributed by atoms with E-state index in [1.165, 1.54) is 30.6 Å². The maximum absolute atomic E-state index is 12.9. The molecule has 1 amide bonds. The summed E-state index contributed by atoms with van der Waals surface area (Å²) < 4.78 is 4.46. The van der Waals surface area contributed by atoms with Gasteiger partial charge in [0.25, 0.3) is 5.56 Å². The van der Waals surface area contributed by atoms with Crippen LogP contribution in [-0.4, -0.2) is 31.1 Å². The quantitative estimate of drug-likeness (QED) is 0.620. The second-order valence-electron chi connectivity index (χ2n) is 8.99. The number of nitrogens with one attached hydrogen (secondary N) is 1. The number of fused-ring (bicyclic) bond motifs is 3. The van der Waals surface area contributed by atoms with Crippen LogP contribution in [0.4, 0.5) is 0 Å². The van der Waals surface area contributed by atoms with E-state index >= 15 is 0 Å². The standard InChI is InChI=1S/C22H31N5O2S/c1-14(2)13-26-21(29)20-17(11-12-30-20)27-18(24-25-22(26)27)9-6-10-19(28)23-16-8-5-4-7-15(16)3/h11-12,14-16H,4-10,13H2,1-3H3,(H,23,28)/t15-,16+/m0/s1. The predicted octanol–water partition coefficient (Wildman–Crippen LogP) is 3.78. The first-order valence-corrected chi connectivity index (χ1v) is 12.0. The Morgan fingerprint density at radius 1 is 1.30 bits per heavy atom. The smallest absolute Gasteiger partial charge is 0.272 e. The average molecular weight is 430 g/mol. The van der Waals surface area contributed by atoms with Gasteiger partial charge in [0.2, 0.25) is 11.7 Å². The number of thiophene rings is 1. The highest BCUT2D eigenvalue weighted by Gasteiger charge is 2.23. The van der Waals surface area contributed by atoms with E-state index in [4.69, 9.17) is 0 Å². The van der Waals surface area contributed by atoms with E-state index in [9.17, 15) is 9.59 Å². The maximum atomic E-state index is 12.9. The zero-order valence-electron chi connectivity index (χ0n) is 18.1. The molecule has 0 bridgehead atoms. The third-order valence-corrected chi connectivity index (χ3v) is 6.98. The minimum atomic E-state index is 0.00105. The molecule has 1 aliphatic rings. The van der Waals surface area contributed by atoms with Crippen molar-refractivity contribution < 1.29 is 4.79 Å². The van der Waals surface area contributed by atoms with Gasteiger partial charge in [-0.25, -0.2) is 0 Å². The SMILES string of the molecule is CC(C)Cn1c(=O)c2sccc2n2c(CCCC(=O)N[C@@H]3CCCC[C@@H]3C)nnc12. The second kappa shape index (κ2) is 8.88. The summed E-state index contributed by atoms with van der Waals surface area (Å²) in [4.78, 5) is 25.3. The maximum Gasteiger partial charge on any atom is 0.272 e. The van der Waals surface area contributed by atoms with Crippen LogP contribution in [0.15, 0.2) is 16.2 Å². The predicted molar refractivity (Wildman–Crippen MR) is 120 cm³/mol. The van der Waals surface area contributed by atoms with E-state index in [1.54, 1.807) is 4.57 Å². The third-order valence-electron chi connectivity index (χ3n) is 6.09. The molecule has 4 rings (SSSR count). The molecule has 0 radical (unpaired) electrons. The lowest BCUT2D eigenvalue weighted by Crippen LogP contribution is -2.40. The van der Waals surface area contributed by atoms with Crippen molar-refractivity contribution in [3.05, 3.63) is 27.6 Å². The van der Waals surface area contributed by atoms with Crippen LogP contribution in [0, 0.1) is 11.8 Å². The minimum Gasteiger partial charge on any atom is -0.353 e. The van der Waals surface area contributed by atoms with Gasteiger partial charge in [-0.15, -0.1) is 21.5 Å². The van der Waals surface area contributed by atoms with Crippen molar-refractivity contribution in [2.24, 2.45) is 11.8 Å². The summed E-state index contributed by atoms with van der Waals surface area (Å²) in [5.41, 5.74) is 0.863. The van der Waals surface area contributed by atoms with Gasteiger partial charge in [0.15, 0.2) is 0 Å². The molecule has 1 saturated carbocycles. The first kappa shape index (κ1) is 21.0. The van der Waals surface area contributed by atoms with Gasteiger partial charge in [-0.3, -0.25) is 18.6 Å². The molecule has 8 heteroatoms. The van der Waals surface area contributed by atoms with Crippen LogP contribution in [-0.2, 0) is 17.8 Å². The number of nitrogens with zero attached hydrogens (tertiary/aromatic N) is 4. The van der Waals surface area contributed by atoms with Gasteiger partial charge in [-0.05, 0) is 42.5 Å². The first-order chi connectivity index (χ1) is 14.5. The fraction of sp³-hybridized carbons (Fsp3) is 0.636. The Hall–Kier alpha value is -2.22. The third kappa shape index (κ3) is 4.15. The van der Waals surface area contributed by atoms with E-state index < -0.39 is 0 Å². The molecule has 0 spiro atoms. The summed E-state index contributed by atoms with van der Waals surface area (Å²) in [5, 5.41) is 13.9. The van der Waals surface area contributed by atoms with Crippen LogP contribution < -0.4 is 10.9 Å². The fourth-order valence-corrected chi connectivity index (χ4v) is 5.31. The van der Waals surface area contributed by atoms with Gasteiger partial charge in [0.05, 0.1) is 5.52 Å². The number of amides is 1. The van der Waals surface area contributed by atoms with Crippen LogP contribution in [0.1, 0.15) is 65.1 Å². The lowest BCUT2D eigenvalue weighted by atomic mass is 9.86. The summed E-state index contributed by atoms with van der Waals surface area (Å²) in [5.74, 6) is 2.42. The molecule has 3 heterocycles. The van der Waals surface area contributed by atoms with Crippen LogP contribution in [0.3, 0.4) is 0 Å². The minimum absolute atomic E-state index is 0.00105. The molecule has 0 aromatic carbocycles. The van der Waals surface area contributed by atoms with Crippen molar-refractivity contribution in [2.45, 2.75) is 78.3 Å². The molecule has 1 aliphatic carbocycles. The Morgan fingerprint density at radius 3 is 2.87 bits per heavy atom. The Morgan fingerprint density at radius 2 is 2.10 bits per heavy atom. The van der Waals surface area contributed by atoms with Gasteiger partial charge in [-0.2, -0.15) is 0 Å². The van der Waals surface area contributed by atoms with Crippen molar-refractivity contribution in [2.75, 3.05) is 0 Å². The number of aryl methyl sites for hydroxylation is 1. The number of rotatable bonds is 7. The molecular formula is C22H31N5O2S. The molecule has 7 nitrogen and oxygen atoms in total. The zero-order valence-corrected chi connectivity index (χ0v) is 18.9. The molecule has 0 saturated heterocycles.